The highest BCUT2D eigenvalue weighted by Crippen LogP contribution is 2.21. The van der Waals surface area contributed by atoms with E-state index in [1.54, 1.807) is 5.56 Å². The summed E-state index contributed by atoms with van der Waals surface area (Å²) in [6, 6.07) is 0. The minimum atomic E-state index is 1.20. The van der Waals surface area contributed by atoms with Gasteiger partial charge in [0.25, 0.3) is 0 Å². The van der Waals surface area contributed by atoms with Gasteiger partial charge >= 0.3 is 0 Å². The molecule has 0 spiro atoms. The molecule has 0 amide bonds. The van der Waals surface area contributed by atoms with Crippen LogP contribution in [0.5, 0.6) is 0 Å². The summed E-state index contributed by atoms with van der Waals surface area (Å²) in [5.74, 6) is 0. The maximum absolute atomic E-state index is 4.50. The van der Waals surface area contributed by atoms with Gasteiger partial charge in [-0.2, -0.15) is 0 Å². The molecule has 0 bridgehead atoms. The molecule has 0 saturated carbocycles. The second kappa shape index (κ2) is 6.67. The third-order valence-electron chi connectivity index (χ3n) is 3.29. The SMILES string of the molecule is CCCCc1c(C)cnc(C)c1CCCC. The molecule has 1 heterocycles. The molecular weight excluding hydrogens is 194 g/mol. The Morgan fingerprint density at radius 2 is 1.50 bits per heavy atom. The lowest BCUT2D eigenvalue weighted by atomic mass is 9.94. The third kappa shape index (κ3) is 3.33. The Morgan fingerprint density at radius 1 is 0.938 bits per heavy atom. The van der Waals surface area contributed by atoms with Crippen LogP contribution >= 0.6 is 0 Å². The van der Waals surface area contributed by atoms with Gasteiger partial charge in [0.05, 0.1) is 0 Å². The van der Waals surface area contributed by atoms with Crippen molar-refractivity contribution in [2.45, 2.75) is 66.2 Å². The van der Waals surface area contributed by atoms with Crippen LogP contribution in [0.25, 0.3) is 0 Å². The van der Waals surface area contributed by atoms with Crippen LogP contribution in [0.2, 0.25) is 0 Å². The van der Waals surface area contributed by atoms with E-state index in [0.29, 0.717) is 0 Å². The summed E-state index contributed by atoms with van der Waals surface area (Å²) in [6.07, 6.45) is 9.58. The fraction of sp³-hybridized carbons (Fsp3) is 0.667. The van der Waals surface area contributed by atoms with Crippen LogP contribution in [0.3, 0.4) is 0 Å². The maximum atomic E-state index is 4.50. The van der Waals surface area contributed by atoms with Crippen molar-refractivity contribution in [2.24, 2.45) is 0 Å². The fourth-order valence-corrected chi connectivity index (χ4v) is 2.19. The van der Waals surface area contributed by atoms with Gasteiger partial charge in [-0.25, -0.2) is 0 Å². The quantitative estimate of drug-likeness (QED) is 0.691. The normalized spacial score (nSPS) is 10.8. The zero-order chi connectivity index (χ0) is 12.0. The van der Waals surface area contributed by atoms with Crippen LogP contribution < -0.4 is 0 Å². The molecular formula is C15H25N. The van der Waals surface area contributed by atoms with Crippen molar-refractivity contribution in [1.82, 2.24) is 4.98 Å². The standard InChI is InChI=1S/C15H25N/c1-5-7-9-14-12(3)11-16-13(4)15(14)10-8-6-2/h11H,5-10H2,1-4H3. The van der Waals surface area contributed by atoms with Crippen LogP contribution in [-0.2, 0) is 12.8 Å². The summed E-state index contributed by atoms with van der Waals surface area (Å²) >= 11 is 0. The average Bonchev–Trinajstić information content (AvgIpc) is 2.29. The summed E-state index contributed by atoms with van der Waals surface area (Å²) in [5, 5.41) is 0. The molecule has 1 aromatic heterocycles. The number of hydrogen-bond acceptors (Lipinski definition) is 1. The molecule has 90 valence electrons. The molecule has 0 aliphatic heterocycles. The summed E-state index contributed by atoms with van der Waals surface area (Å²) < 4.78 is 0. The summed E-state index contributed by atoms with van der Waals surface area (Å²) in [4.78, 5) is 4.50. The maximum Gasteiger partial charge on any atom is 0.0407 e. The van der Waals surface area contributed by atoms with Gasteiger partial charge in [0, 0.05) is 11.9 Å². The van der Waals surface area contributed by atoms with Gasteiger partial charge in [-0.05, 0) is 56.2 Å². The summed E-state index contributed by atoms with van der Waals surface area (Å²) in [7, 11) is 0. The number of unbranched alkanes of at least 4 members (excludes halogenated alkanes) is 2. The Bertz CT molecular complexity index is 295. The van der Waals surface area contributed by atoms with Crippen molar-refractivity contribution in [3.8, 4) is 0 Å². The summed E-state index contributed by atoms with van der Waals surface area (Å²) in [5.41, 5.74) is 5.72. The van der Waals surface area contributed by atoms with Crippen molar-refractivity contribution < 1.29 is 0 Å². The van der Waals surface area contributed by atoms with Crippen molar-refractivity contribution in [1.29, 1.82) is 0 Å². The van der Waals surface area contributed by atoms with Crippen molar-refractivity contribution >= 4 is 0 Å². The highest BCUT2D eigenvalue weighted by molar-refractivity contribution is 5.35. The predicted octanol–water partition coefficient (Wildman–Crippen LogP) is 4.38. The van der Waals surface area contributed by atoms with Gasteiger partial charge in [-0.1, -0.05) is 26.7 Å². The molecule has 0 atom stereocenters. The van der Waals surface area contributed by atoms with Crippen LogP contribution in [0.15, 0.2) is 6.20 Å². The lowest BCUT2D eigenvalue weighted by Gasteiger charge is -2.14. The number of pyridine rings is 1. The Hall–Kier alpha value is -0.850. The van der Waals surface area contributed by atoms with E-state index < -0.39 is 0 Å². The molecule has 1 heteroatoms. The molecule has 0 aromatic carbocycles. The molecule has 16 heavy (non-hydrogen) atoms. The highest BCUT2D eigenvalue weighted by Gasteiger charge is 2.09. The lowest BCUT2D eigenvalue weighted by molar-refractivity contribution is 0.745. The van der Waals surface area contributed by atoms with Gasteiger partial charge in [0.1, 0.15) is 0 Å². The largest absolute Gasteiger partial charge is 0.261 e. The first-order valence-corrected chi connectivity index (χ1v) is 6.64. The molecule has 0 aliphatic rings. The predicted molar refractivity (Wildman–Crippen MR) is 70.9 cm³/mol. The number of aryl methyl sites for hydroxylation is 2. The Labute approximate surface area is 100 Å². The number of rotatable bonds is 6. The van der Waals surface area contributed by atoms with Crippen molar-refractivity contribution in [2.75, 3.05) is 0 Å². The molecule has 1 aromatic rings. The minimum absolute atomic E-state index is 1.20. The first-order chi connectivity index (χ1) is 7.70. The van der Waals surface area contributed by atoms with E-state index in [1.165, 1.54) is 55.3 Å². The average molecular weight is 219 g/mol. The van der Waals surface area contributed by atoms with Crippen LogP contribution in [0.1, 0.15) is 61.9 Å². The molecule has 0 saturated heterocycles. The van der Waals surface area contributed by atoms with E-state index in [2.05, 4.69) is 32.7 Å². The molecule has 1 rings (SSSR count). The van der Waals surface area contributed by atoms with E-state index >= 15 is 0 Å². The molecule has 0 fully saturated rings. The smallest absolute Gasteiger partial charge is 0.0407 e. The van der Waals surface area contributed by atoms with E-state index in [0.717, 1.165) is 0 Å². The van der Waals surface area contributed by atoms with Crippen LogP contribution in [0.4, 0.5) is 0 Å². The Morgan fingerprint density at radius 3 is 2.06 bits per heavy atom. The van der Waals surface area contributed by atoms with Gasteiger partial charge in [-0.15, -0.1) is 0 Å². The Balaban J connectivity index is 2.94. The van der Waals surface area contributed by atoms with Crippen molar-refractivity contribution in [3.63, 3.8) is 0 Å². The third-order valence-corrected chi connectivity index (χ3v) is 3.29. The van der Waals surface area contributed by atoms with Crippen molar-refractivity contribution in [3.05, 3.63) is 28.6 Å². The van der Waals surface area contributed by atoms with Gasteiger partial charge in [-0.3, -0.25) is 4.98 Å². The second-order valence-electron chi connectivity index (χ2n) is 4.69. The first kappa shape index (κ1) is 13.2. The fourth-order valence-electron chi connectivity index (χ4n) is 2.19. The van der Waals surface area contributed by atoms with E-state index in [1.807, 2.05) is 6.20 Å². The van der Waals surface area contributed by atoms with E-state index in [4.69, 9.17) is 0 Å². The second-order valence-corrected chi connectivity index (χ2v) is 4.69. The molecule has 0 N–H and O–H groups in total. The summed E-state index contributed by atoms with van der Waals surface area (Å²) in [6.45, 7) is 8.87. The lowest BCUT2D eigenvalue weighted by Crippen LogP contribution is -2.03. The molecule has 0 radical (unpaired) electrons. The Kier molecular flexibility index (Phi) is 5.51. The van der Waals surface area contributed by atoms with Crippen LogP contribution in [-0.4, -0.2) is 4.98 Å². The van der Waals surface area contributed by atoms with Gasteiger partial charge < -0.3 is 0 Å². The van der Waals surface area contributed by atoms with Gasteiger partial charge in [0.2, 0.25) is 0 Å². The van der Waals surface area contributed by atoms with E-state index in [9.17, 15) is 0 Å². The first-order valence-electron chi connectivity index (χ1n) is 6.64. The molecule has 0 unspecified atom stereocenters. The number of aromatic nitrogens is 1. The highest BCUT2D eigenvalue weighted by atomic mass is 14.7. The topological polar surface area (TPSA) is 12.9 Å². The van der Waals surface area contributed by atoms with Gasteiger partial charge in [0.15, 0.2) is 0 Å². The van der Waals surface area contributed by atoms with E-state index in [-0.39, 0.29) is 0 Å². The van der Waals surface area contributed by atoms with Crippen LogP contribution in [0, 0.1) is 13.8 Å². The monoisotopic (exact) mass is 219 g/mol. The zero-order valence-electron chi connectivity index (χ0n) is 11.3. The minimum Gasteiger partial charge on any atom is -0.261 e. The zero-order valence-corrected chi connectivity index (χ0v) is 11.3. The molecule has 1 nitrogen and oxygen atoms in total. The number of hydrogen-bond donors (Lipinski definition) is 0. The number of nitrogens with zero attached hydrogens (tertiary/aromatic N) is 1. The molecule has 0 aliphatic carbocycles.